The Bertz CT molecular complexity index is 807. The van der Waals surface area contributed by atoms with Gasteiger partial charge in [-0.3, -0.25) is 14.4 Å². The lowest BCUT2D eigenvalue weighted by Crippen LogP contribution is -2.26. The molecule has 2 atom stereocenters. The van der Waals surface area contributed by atoms with Crippen molar-refractivity contribution >= 4 is 17.9 Å². The maximum atomic E-state index is 12.3. The van der Waals surface area contributed by atoms with Gasteiger partial charge in [-0.05, 0) is 85.2 Å². The van der Waals surface area contributed by atoms with E-state index in [9.17, 15) is 14.4 Å². The summed E-state index contributed by atoms with van der Waals surface area (Å²) >= 11 is 0. The number of rotatable bonds is 36. The van der Waals surface area contributed by atoms with Crippen LogP contribution in [0, 0.1) is 11.8 Å². The summed E-state index contributed by atoms with van der Waals surface area (Å²) < 4.78 is 15.9. The molecule has 0 spiro atoms. The number of nitrogens with zero attached hydrogens (tertiary/aromatic N) is 2. The molecule has 1 aliphatic rings. The second kappa shape index (κ2) is 32.0. The minimum absolute atomic E-state index is 0.0709. The fourth-order valence-corrected chi connectivity index (χ4v) is 6.97. The molecule has 8 heteroatoms. The van der Waals surface area contributed by atoms with Gasteiger partial charge >= 0.3 is 17.9 Å². The molecule has 0 radical (unpaired) electrons. The van der Waals surface area contributed by atoms with Gasteiger partial charge in [-0.25, -0.2) is 0 Å². The van der Waals surface area contributed by atoms with Crippen LogP contribution < -0.4 is 0 Å². The van der Waals surface area contributed by atoms with Crippen molar-refractivity contribution in [2.75, 3.05) is 48.4 Å². The van der Waals surface area contributed by atoms with Crippen LogP contribution in [0.5, 0.6) is 0 Å². The molecular weight excluding hydrogens is 628 g/mol. The number of esters is 3. The lowest BCUT2D eigenvalue weighted by Gasteiger charge is -2.19. The van der Waals surface area contributed by atoms with Gasteiger partial charge < -0.3 is 24.0 Å². The molecule has 294 valence electrons. The van der Waals surface area contributed by atoms with Crippen molar-refractivity contribution in [3.63, 3.8) is 0 Å². The number of hydrogen-bond acceptors (Lipinski definition) is 8. The zero-order chi connectivity index (χ0) is 36.7. The summed E-state index contributed by atoms with van der Waals surface area (Å²) in [6, 6.07) is 0. The summed E-state index contributed by atoms with van der Waals surface area (Å²) in [5.74, 6) is 1.42. The molecule has 0 aliphatic heterocycles. The molecule has 1 aliphatic carbocycles. The molecule has 0 bridgehead atoms. The van der Waals surface area contributed by atoms with Crippen molar-refractivity contribution in [1.29, 1.82) is 0 Å². The van der Waals surface area contributed by atoms with Crippen LogP contribution in [-0.2, 0) is 28.6 Å². The fraction of sp³-hybridized carbons (Fsp3) is 0.929. The van der Waals surface area contributed by atoms with Crippen LogP contribution >= 0.6 is 0 Å². The molecule has 0 saturated heterocycles. The van der Waals surface area contributed by atoms with Gasteiger partial charge in [0.1, 0.15) is 0 Å². The minimum atomic E-state index is -0.756. The molecule has 0 N–H and O–H groups in total. The molecule has 8 nitrogen and oxygen atoms in total. The molecule has 50 heavy (non-hydrogen) atoms. The summed E-state index contributed by atoms with van der Waals surface area (Å²) in [5, 5.41) is 0. The van der Waals surface area contributed by atoms with Crippen molar-refractivity contribution in [3.8, 4) is 0 Å². The van der Waals surface area contributed by atoms with Gasteiger partial charge in [-0.1, -0.05) is 128 Å². The van der Waals surface area contributed by atoms with E-state index in [0.29, 0.717) is 25.7 Å². The molecule has 0 heterocycles. The van der Waals surface area contributed by atoms with E-state index in [0.717, 1.165) is 63.5 Å². The largest absolute Gasteiger partial charge is 0.469 e. The van der Waals surface area contributed by atoms with E-state index in [1.807, 2.05) is 38.0 Å². The second-order valence-electron chi connectivity index (χ2n) is 15.7. The summed E-state index contributed by atoms with van der Waals surface area (Å²) in [5.41, 5.74) is 0. The number of methoxy groups -OCH3 is 1. The Kier molecular flexibility index (Phi) is 29.7. The molecule has 0 amide bonds. The normalized spacial score (nSPS) is 15.6. The Morgan fingerprint density at radius 1 is 0.480 bits per heavy atom. The molecule has 1 fully saturated rings. The Labute approximate surface area is 308 Å². The van der Waals surface area contributed by atoms with E-state index < -0.39 is 6.29 Å². The Morgan fingerprint density at radius 3 is 1.20 bits per heavy atom. The van der Waals surface area contributed by atoms with Crippen molar-refractivity contribution in [2.24, 2.45) is 11.8 Å². The molecule has 1 rings (SSSR count). The maximum absolute atomic E-state index is 12.3. The van der Waals surface area contributed by atoms with Crippen LogP contribution in [0.25, 0.3) is 0 Å². The van der Waals surface area contributed by atoms with Crippen molar-refractivity contribution in [1.82, 2.24) is 9.80 Å². The predicted octanol–water partition coefficient (Wildman–Crippen LogP) is 10.3. The smallest absolute Gasteiger partial charge is 0.308 e. The zero-order valence-corrected chi connectivity index (χ0v) is 33.5. The summed E-state index contributed by atoms with van der Waals surface area (Å²) in [6.07, 6.45) is 32.7. The summed E-state index contributed by atoms with van der Waals surface area (Å²) in [4.78, 5) is 39.9. The SMILES string of the molecule is COC(=O)CCCCCCCC1CC1CCCCCCCCCCCCCCCCCC(OC(=O)CCCN(C)C)OC(=O)CCCN(C)C. The Balaban J connectivity index is 1.92. The highest BCUT2D eigenvalue weighted by Gasteiger charge is 2.35. The van der Waals surface area contributed by atoms with Crippen LogP contribution in [0.4, 0.5) is 0 Å². The van der Waals surface area contributed by atoms with Gasteiger partial charge in [0.05, 0.1) is 7.11 Å². The van der Waals surface area contributed by atoms with Gasteiger partial charge in [-0.15, -0.1) is 0 Å². The van der Waals surface area contributed by atoms with Crippen LogP contribution in [0.15, 0.2) is 0 Å². The number of carbonyl (C=O) groups is 3. The molecule has 2 unspecified atom stereocenters. The van der Waals surface area contributed by atoms with Gasteiger partial charge in [0.25, 0.3) is 0 Å². The monoisotopic (exact) mass is 709 g/mol. The number of hydrogen-bond donors (Lipinski definition) is 0. The highest BCUT2D eigenvalue weighted by atomic mass is 16.7. The number of ether oxygens (including phenoxy) is 3. The summed E-state index contributed by atoms with van der Waals surface area (Å²) in [7, 11) is 9.43. The molecule has 0 aromatic carbocycles. The topological polar surface area (TPSA) is 85.4 Å². The number of carbonyl (C=O) groups excluding carboxylic acids is 3. The van der Waals surface area contributed by atoms with Crippen LogP contribution in [0.3, 0.4) is 0 Å². The Hall–Kier alpha value is -1.67. The maximum Gasteiger partial charge on any atom is 0.308 e. The standard InChI is InChI=1S/C42H80N2O6/c1-43(2)34-26-31-40(46)49-42(50-41(47)32-27-35-44(3)4)33-25-21-16-14-12-10-8-6-7-9-11-13-15-18-22-28-37-36-38(37)29-23-19-17-20-24-30-39(45)48-5/h37-38,42H,6-36H2,1-5H3. The fourth-order valence-electron chi connectivity index (χ4n) is 6.97. The third-order valence-electron chi connectivity index (χ3n) is 10.3. The first kappa shape index (κ1) is 46.4. The van der Waals surface area contributed by atoms with Gasteiger partial charge in [0.15, 0.2) is 0 Å². The molecule has 0 aromatic heterocycles. The first-order valence-electron chi connectivity index (χ1n) is 21.0. The second-order valence-corrected chi connectivity index (χ2v) is 15.7. The van der Waals surface area contributed by atoms with Gasteiger partial charge in [0, 0.05) is 25.7 Å². The van der Waals surface area contributed by atoms with E-state index in [1.54, 1.807) is 0 Å². The number of unbranched alkanes of at least 4 members (excludes halogenated alkanes) is 18. The summed E-state index contributed by atoms with van der Waals surface area (Å²) in [6.45, 7) is 1.66. The highest BCUT2D eigenvalue weighted by molar-refractivity contribution is 5.71. The molecular formula is C42H80N2O6. The van der Waals surface area contributed by atoms with E-state index in [1.165, 1.54) is 129 Å². The van der Waals surface area contributed by atoms with Crippen LogP contribution in [-0.4, -0.2) is 82.4 Å². The lowest BCUT2D eigenvalue weighted by molar-refractivity contribution is -0.189. The quantitative estimate of drug-likeness (QED) is 0.0361. The van der Waals surface area contributed by atoms with E-state index in [4.69, 9.17) is 14.2 Å². The van der Waals surface area contributed by atoms with Crippen LogP contribution in [0.2, 0.25) is 0 Å². The van der Waals surface area contributed by atoms with E-state index in [2.05, 4.69) is 0 Å². The van der Waals surface area contributed by atoms with Gasteiger partial charge in [-0.2, -0.15) is 0 Å². The highest BCUT2D eigenvalue weighted by Crippen LogP contribution is 2.45. The van der Waals surface area contributed by atoms with Crippen LogP contribution in [0.1, 0.15) is 186 Å². The first-order valence-corrected chi connectivity index (χ1v) is 21.0. The molecule has 0 aromatic rings. The first-order chi connectivity index (χ1) is 24.2. The van der Waals surface area contributed by atoms with Gasteiger partial charge in [0.2, 0.25) is 6.29 Å². The van der Waals surface area contributed by atoms with E-state index >= 15 is 0 Å². The Morgan fingerprint density at radius 2 is 0.820 bits per heavy atom. The minimum Gasteiger partial charge on any atom is -0.469 e. The van der Waals surface area contributed by atoms with Crippen molar-refractivity contribution < 1.29 is 28.6 Å². The van der Waals surface area contributed by atoms with Crippen molar-refractivity contribution in [3.05, 3.63) is 0 Å². The lowest BCUT2D eigenvalue weighted by atomic mass is 10.0. The molecule has 1 saturated carbocycles. The zero-order valence-electron chi connectivity index (χ0n) is 33.5. The third-order valence-corrected chi connectivity index (χ3v) is 10.3. The average Bonchev–Trinajstić information content (AvgIpc) is 3.82. The van der Waals surface area contributed by atoms with E-state index in [-0.39, 0.29) is 17.9 Å². The third kappa shape index (κ3) is 30.0. The van der Waals surface area contributed by atoms with Crippen molar-refractivity contribution in [2.45, 2.75) is 192 Å². The predicted molar refractivity (Wildman–Crippen MR) is 206 cm³/mol. The average molecular weight is 709 g/mol.